The summed E-state index contributed by atoms with van der Waals surface area (Å²) >= 11 is 0. The molecule has 2 aliphatic rings. The molecular weight excluding hydrogens is 578 g/mol. The van der Waals surface area contributed by atoms with Crippen LogP contribution in [-0.4, -0.2) is 55.6 Å². The van der Waals surface area contributed by atoms with Crippen molar-refractivity contribution >= 4 is 38.9 Å². The lowest BCUT2D eigenvalue weighted by Gasteiger charge is -2.41. The fraction of sp³-hybridized carbons (Fsp3) is 0.382. The third kappa shape index (κ3) is 6.96. The normalized spacial score (nSPS) is 16.3. The average Bonchev–Trinajstić information content (AvgIpc) is 3.03. The molecule has 2 aliphatic heterocycles. The largest absolute Gasteiger partial charge is 0.474 e. The topological polar surface area (TPSA) is 113 Å². The van der Waals surface area contributed by atoms with Crippen molar-refractivity contribution in [3.63, 3.8) is 0 Å². The van der Waals surface area contributed by atoms with E-state index in [1.807, 2.05) is 34.9 Å². The highest BCUT2D eigenvalue weighted by Crippen LogP contribution is 2.33. The van der Waals surface area contributed by atoms with E-state index in [1.54, 1.807) is 36.4 Å². The molecule has 9 nitrogen and oxygen atoms in total. The Morgan fingerprint density at radius 2 is 1.64 bits per heavy atom. The fourth-order valence-corrected chi connectivity index (χ4v) is 7.46. The highest BCUT2D eigenvalue weighted by molar-refractivity contribution is 7.92. The number of benzene rings is 3. The predicted molar refractivity (Wildman–Crippen MR) is 169 cm³/mol. The van der Waals surface area contributed by atoms with E-state index in [0.717, 1.165) is 18.5 Å². The van der Waals surface area contributed by atoms with Crippen LogP contribution < -0.4 is 15.0 Å². The molecule has 0 aromatic heterocycles. The molecule has 232 valence electrons. The van der Waals surface area contributed by atoms with Gasteiger partial charge in [0.25, 0.3) is 5.91 Å². The Morgan fingerprint density at radius 3 is 2.30 bits per heavy atom. The average molecular weight is 618 g/mol. The number of hydrogen-bond donors (Lipinski definition) is 1. The van der Waals surface area contributed by atoms with Gasteiger partial charge in [-0.15, -0.1) is 0 Å². The number of nitrogens with zero attached hydrogens (tertiary/aromatic N) is 2. The highest BCUT2D eigenvalue weighted by Gasteiger charge is 2.34. The first-order valence-electron chi connectivity index (χ1n) is 15.2. The van der Waals surface area contributed by atoms with Crippen LogP contribution in [-0.2, 0) is 25.8 Å². The number of carbonyl (C=O) groups is 3. The van der Waals surface area contributed by atoms with Crippen LogP contribution in [0, 0.1) is 0 Å². The molecule has 0 bridgehead atoms. The van der Waals surface area contributed by atoms with Gasteiger partial charge in [0, 0.05) is 49.4 Å². The lowest BCUT2D eigenvalue weighted by Crippen LogP contribution is -2.50. The van der Waals surface area contributed by atoms with E-state index in [9.17, 15) is 22.8 Å². The van der Waals surface area contributed by atoms with Crippen LogP contribution >= 0.6 is 0 Å². The Balaban J connectivity index is 1.22. The second kappa shape index (κ2) is 13.6. The second-order valence-corrected chi connectivity index (χ2v) is 13.5. The van der Waals surface area contributed by atoms with E-state index in [-0.39, 0.29) is 28.7 Å². The van der Waals surface area contributed by atoms with Crippen molar-refractivity contribution in [2.75, 3.05) is 23.3 Å². The summed E-state index contributed by atoms with van der Waals surface area (Å²) in [6.45, 7) is 4.47. The Labute approximate surface area is 259 Å². The first-order valence-corrected chi connectivity index (χ1v) is 16.8. The van der Waals surface area contributed by atoms with Gasteiger partial charge in [-0.3, -0.25) is 14.4 Å². The molecule has 1 fully saturated rings. The third-order valence-electron chi connectivity index (χ3n) is 8.26. The van der Waals surface area contributed by atoms with Gasteiger partial charge in [0.2, 0.25) is 27.1 Å². The summed E-state index contributed by atoms with van der Waals surface area (Å²) in [5, 5.41) is 2.64. The van der Waals surface area contributed by atoms with Crippen LogP contribution in [0.1, 0.15) is 68.3 Å². The highest BCUT2D eigenvalue weighted by atomic mass is 32.2. The number of sulfone groups is 1. The minimum absolute atomic E-state index is 0.0624. The summed E-state index contributed by atoms with van der Waals surface area (Å²) in [6, 6.07) is 20.8. The minimum atomic E-state index is -3.84. The Hall–Kier alpha value is -4.18. The van der Waals surface area contributed by atoms with Gasteiger partial charge in [0.05, 0.1) is 4.90 Å². The zero-order chi connectivity index (χ0) is 31.3. The number of carbonyl (C=O) groups excluding carboxylic acids is 3. The number of unbranched alkanes of at least 4 members (excludes halogenated alkanes) is 1. The molecule has 3 aromatic rings. The molecule has 0 aliphatic carbocycles. The molecule has 3 amide bonds. The number of piperidine rings is 1. The van der Waals surface area contributed by atoms with Crippen LogP contribution in [0.5, 0.6) is 5.75 Å². The van der Waals surface area contributed by atoms with Crippen molar-refractivity contribution in [2.24, 2.45) is 0 Å². The Morgan fingerprint density at radius 1 is 0.955 bits per heavy atom. The van der Waals surface area contributed by atoms with Gasteiger partial charge in [0.1, 0.15) is 5.75 Å². The van der Waals surface area contributed by atoms with Gasteiger partial charge >= 0.3 is 0 Å². The minimum Gasteiger partial charge on any atom is -0.474 e. The van der Waals surface area contributed by atoms with Gasteiger partial charge in [-0.25, -0.2) is 8.42 Å². The number of aryl methyl sites for hydroxylation is 1. The maximum absolute atomic E-state index is 13.5. The van der Waals surface area contributed by atoms with Crippen molar-refractivity contribution in [3.05, 3.63) is 83.9 Å². The lowest BCUT2D eigenvalue weighted by molar-refractivity contribution is -0.119. The number of rotatable bonds is 10. The van der Waals surface area contributed by atoms with E-state index < -0.39 is 15.3 Å². The molecule has 10 heteroatoms. The molecule has 5 rings (SSSR count). The number of amides is 3. The van der Waals surface area contributed by atoms with E-state index in [1.165, 1.54) is 24.6 Å². The summed E-state index contributed by atoms with van der Waals surface area (Å²) < 4.78 is 33.0. The monoisotopic (exact) mass is 617 g/mol. The van der Waals surface area contributed by atoms with Crippen molar-refractivity contribution in [1.29, 1.82) is 0 Å². The maximum atomic E-state index is 13.5. The molecule has 1 atom stereocenters. The number of anilines is 2. The zero-order valence-corrected chi connectivity index (χ0v) is 26.0. The molecule has 1 unspecified atom stereocenters. The number of para-hydroxylation sites is 1. The molecule has 0 saturated carbocycles. The first kappa shape index (κ1) is 31.3. The molecule has 3 aromatic carbocycles. The predicted octanol–water partition coefficient (Wildman–Crippen LogP) is 5.60. The summed E-state index contributed by atoms with van der Waals surface area (Å²) in [6.07, 6.45) is 4.46. The lowest BCUT2D eigenvalue weighted by atomic mass is 9.95. The summed E-state index contributed by atoms with van der Waals surface area (Å²) in [7, 11) is -3.84. The smallest absolute Gasteiger partial charge is 0.253 e. The summed E-state index contributed by atoms with van der Waals surface area (Å²) in [4.78, 5) is 41.3. The molecule has 44 heavy (non-hydrogen) atoms. The van der Waals surface area contributed by atoms with Crippen LogP contribution in [0.4, 0.5) is 11.4 Å². The number of likely N-dealkylation sites (tertiary alicyclic amines) is 1. The van der Waals surface area contributed by atoms with Crippen molar-refractivity contribution < 1.29 is 27.5 Å². The Bertz CT molecular complexity index is 1600. The third-order valence-corrected chi connectivity index (χ3v) is 10.2. The molecule has 1 N–H and O–H groups in total. The van der Waals surface area contributed by atoms with E-state index >= 15 is 0 Å². The standard InChI is InChI=1S/C34H39N3O6S/c1-3-4-9-33(44(41,42)30-17-13-27(14-18-30)35-24(2)38)43-29-15-10-26(11-16-29)34(40)36-22-20-28(21-23-36)37-31-8-6-5-7-25(31)12-19-32(37)39/h5-8,10-11,13-18,28,33H,3-4,9,12,19-23H2,1-2H3,(H,35,38). The first-order chi connectivity index (χ1) is 21.2. The van der Waals surface area contributed by atoms with E-state index in [4.69, 9.17) is 4.74 Å². The molecular formula is C34H39N3O6S. The van der Waals surface area contributed by atoms with Crippen LogP contribution in [0.25, 0.3) is 0 Å². The van der Waals surface area contributed by atoms with Gasteiger partial charge in [0.15, 0.2) is 0 Å². The SMILES string of the molecule is CCCCC(Oc1ccc(C(=O)N2CCC(N3C(=O)CCc4ccccc43)CC2)cc1)S(=O)(=O)c1ccc(NC(C)=O)cc1. The summed E-state index contributed by atoms with van der Waals surface area (Å²) in [5.74, 6) is 0.165. The van der Waals surface area contributed by atoms with Gasteiger partial charge in [-0.05, 0) is 92.3 Å². The fourth-order valence-electron chi connectivity index (χ4n) is 5.92. The van der Waals surface area contributed by atoms with Crippen LogP contribution in [0.15, 0.2) is 77.7 Å². The summed E-state index contributed by atoms with van der Waals surface area (Å²) in [5.41, 5.74) is 2.09. The number of ether oxygens (including phenoxy) is 1. The molecule has 0 radical (unpaired) electrons. The van der Waals surface area contributed by atoms with Crippen LogP contribution in [0.3, 0.4) is 0 Å². The zero-order valence-electron chi connectivity index (χ0n) is 25.2. The quantitative estimate of drug-likeness (QED) is 0.317. The number of nitrogens with one attached hydrogen (secondary N) is 1. The molecule has 1 saturated heterocycles. The van der Waals surface area contributed by atoms with E-state index in [2.05, 4.69) is 11.4 Å². The van der Waals surface area contributed by atoms with Crippen molar-refractivity contribution in [1.82, 2.24) is 4.90 Å². The number of hydrogen-bond acceptors (Lipinski definition) is 6. The maximum Gasteiger partial charge on any atom is 0.253 e. The van der Waals surface area contributed by atoms with Gasteiger partial charge < -0.3 is 19.9 Å². The Kier molecular flexibility index (Phi) is 9.68. The second-order valence-electron chi connectivity index (χ2n) is 11.4. The van der Waals surface area contributed by atoms with Crippen molar-refractivity contribution in [2.45, 2.75) is 75.2 Å². The van der Waals surface area contributed by atoms with Gasteiger partial charge in [-0.1, -0.05) is 31.5 Å². The molecule has 0 spiro atoms. The van der Waals surface area contributed by atoms with Crippen molar-refractivity contribution in [3.8, 4) is 5.75 Å². The number of fused-ring (bicyclic) bond motifs is 1. The van der Waals surface area contributed by atoms with E-state index in [0.29, 0.717) is 62.2 Å². The van der Waals surface area contributed by atoms with Gasteiger partial charge in [-0.2, -0.15) is 0 Å². The molecule has 2 heterocycles. The van der Waals surface area contributed by atoms with Crippen LogP contribution in [0.2, 0.25) is 0 Å².